The smallest absolute Gasteiger partial charge is 0.295 e. The second-order valence-electron chi connectivity index (χ2n) is 3.60. The maximum absolute atomic E-state index is 13.5. The van der Waals surface area contributed by atoms with Gasteiger partial charge in [-0.3, -0.25) is 10.1 Å². The zero-order valence-corrected chi connectivity index (χ0v) is 9.77. The van der Waals surface area contributed by atoms with Crippen molar-refractivity contribution in [2.75, 3.05) is 19.0 Å². The van der Waals surface area contributed by atoms with Gasteiger partial charge >= 0.3 is 0 Å². The van der Waals surface area contributed by atoms with E-state index in [1.54, 1.807) is 0 Å². The molecule has 1 N–H and O–H groups in total. The van der Waals surface area contributed by atoms with Crippen LogP contribution >= 0.6 is 0 Å². The van der Waals surface area contributed by atoms with Gasteiger partial charge in [-0.25, -0.2) is 4.39 Å². The molecule has 17 heavy (non-hydrogen) atoms. The number of rotatable bonds is 6. The van der Waals surface area contributed by atoms with Gasteiger partial charge in [0.2, 0.25) is 0 Å². The van der Waals surface area contributed by atoms with E-state index in [0.29, 0.717) is 13.0 Å². The zero-order valence-electron chi connectivity index (χ0n) is 9.77. The molecule has 0 spiro atoms. The van der Waals surface area contributed by atoms with Crippen molar-refractivity contribution in [2.24, 2.45) is 0 Å². The lowest BCUT2D eigenvalue weighted by atomic mass is 10.2. The van der Waals surface area contributed by atoms with Crippen molar-refractivity contribution in [1.82, 2.24) is 0 Å². The molecule has 0 aliphatic rings. The van der Waals surface area contributed by atoms with Crippen LogP contribution in [0.15, 0.2) is 18.2 Å². The fourth-order valence-electron chi connectivity index (χ4n) is 1.47. The van der Waals surface area contributed by atoms with Crippen LogP contribution in [0.3, 0.4) is 0 Å². The molecule has 0 fully saturated rings. The summed E-state index contributed by atoms with van der Waals surface area (Å²) >= 11 is 0. The third-order valence-electron chi connectivity index (χ3n) is 2.40. The van der Waals surface area contributed by atoms with Crippen molar-refractivity contribution < 1.29 is 14.1 Å². The van der Waals surface area contributed by atoms with Gasteiger partial charge in [0.25, 0.3) is 5.69 Å². The molecule has 1 unspecified atom stereocenters. The molecule has 1 aromatic carbocycles. The minimum absolute atomic E-state index is 0.0820. The fraction of sp³-hybridized carbons (Fsp3) is 0.455. The van der Waals surface area contributed by atoms with Crippen molar-refractivity contribution in [2.45, 2.75) is 19.4 Å². The van der Waals surface area contributed by atoms with Crippen LogP contribution in [-0.2, 0) is 4.74 Å². The zero-order chi connectivity index (χ0) is 12.8. The second kappa shape index (κ2) is 6.15. The Balaban J connectivity index is 2.99. The number of nitrogens with one attached hydrogen (secondary N) is 1. The Morgan fingerprint density at radius 2 is 2.29 bits per heavy atom. The summed E-state index contributed by atoms with van der Waals surface area (Å²) in [5.74, 6) is -0.631. The van der Waals surface area contributed by atoms with Gasteiger partial charge in [-0.2, -0.15) is 0 Å². The summed E-state index contributed by atoms with van der Waals surface area (Å²) in [5.41, 5.74) is -0.346. The molecule has 0 aliphatic heterocycles. The highest BCUT2D eigenvalue weighted by Gasteiger charge is 2.20. The maximum atomic E-state index is 13.5. The fourth-order valence-corrected chi connectivity index (χ4v) is 1.47. The average Bonchev–Trinajstić information content (AvgIpc) is 2.30. The number of hydrogen-bond donors (Lipinski definition) is 1. The van der Waals surface area contributed by atoms with Crippen molar-refractivity contribution in [3.05, 3.63) is 34.1 Å². The third kappa shape index (κ3) is 3.39. The Labute approximate surface area is 98.7 Å². The highest BCUT2D eigenvalue weighted by atomic mass is 19.1. The molecule has 0 heterocycles. The van der Waals surface area contributed by atoms with Crippen LogP contribution in [0.4, 0.5) is 15.8 Å². The van der Waals surface area contributed by atoms with Gasteiger partial charge in [-0.05, 0) is 12.5 Å². The first-order valence-corrected chi connectivity index (χ1v) is 5.28. The molecule has 0 amide bonds. The molecule has 0 saturated heterocycles. The maximum Gasteiger partial charge on any atom is 0.295 e. The largest absolute Gasteiger partial charge is 0.383 e. The van der Waals surface area contributed by atoms with E-state index in [2.05, 4.69) is 5.32 Å². The number of nitro groups is 1. The molecule has 5 nitrogen and oxygen atoms in total. The van der Waals surface area contributed by atoms with Gasteiger partial charge in [-0.15, -0.1) is 0 Å². The molecule has 0 radical (unpaired) electrons. The van der Waals surface area contributed by atoms with Gasteiger partial charge in [0.05, 0.1) is 11.5 Å². The third-order valence-corrected chi connectivity index (χ3v) is 2.40. The van der Waals surface area contributed by atoms with Gasteiger partial charge in [0, 0.05) is 19.2 Å². The van der Waals surface area contributed by atoms with Gasteiger partial charge in [0.15, 0.2) is 5.82 Å². The van der Waals surface area contributed by atoms with Crippen LogP contribution in [-0.4, -0.2) is 24.7 Å². The normalized spacial score (nSPS) is 12.2. The van der Waals surface area contributed by atoms with E-state index in [9.17, 15) is 14.5 Å². The van der Waals surface area contributed by atoms with Crippen LogP contribution in [0, 0.1) is 15.9 Å². The Kier molecular flexibility index (Phi) is 4.84. The lowest BCUT2D eigenvalue weighted by Crippen LogP contribution is -2.25. The molecular weight excluding hydrogens is 227 g/mol. The van der Waals surface area contributed by atoms with E-state index < -0.39 is 10.7 Å². The van der Waals surface area contributed by atoms with E-state index in [1.165, 1.54) is 25.3 Å². The summed E-state index contributed by atoms with van der Waals surface area (Å²) in [6.07, 6.45) is 0.680. The van der Waals surface area contributed by atoms with Crippen LogP contribution in [0.1, 0.15) is 13.3 Å². The molecule has 1 aromatic rings. The molecule has 0 aromatic heterocycles. The number of ether oxygens (including phenoxy) is 1. The van der Waals surface area contributed by atoms with E-state index in [-0.39, 0.29) is 17.4 Å². The molecule has 0 aliphatic carbocycles. The highest BCUT2D eigenvalue weighted by Crippen LogP contribution is 2.27. The number of nitrogens with zero attached hydrogens (tertiary/aromatic N) is 1. The number of hydrogen-bond acceptors (Lipinski definition) is 4. The molecule has 94 valence electrons. The quantitative estimate of drug-likeness (QED) is 0.615. The van der Waals surface area contributed by atoms with Gasteiger partial charge < -0.3 is 10.1 Å². The summed E-state index contributed by atoms with van der Waals surface area (Å²) in [7, 11) is 1.53. The van der Waals surface area contributed by atoms with E-state index in [0.717, 1.165) is 0 Å². The first-order valence-electron chi connectivity index (χ1n) is 5.28. The number of nitro benzene ring substituents is 1. The first kappa shape index (κ1) is 13.4. The van der Waals surface area contributed by atoms with E-state index in [1.807, 2.05) is 6.92 Å². The number of benzene rings is 1. The topological polar surface area (TPSA) is 64.4 Å². The Morgan fingerprint density at radius 1 is 1.59 bits per heavy atom. The van der Waals surface area contributed by atoms with E-state index in [4.69, 9.17) is 4.74 Å². The summed E-state index contributed by atoms with van der Waals surface area (Å²) in [6, 6.07) is 3.62. The summed E-state index contributed by atoms with van der Waals surface area (Å²) < 4.78 is 18.5. The second-order valence-corrected chi connectivity index (χ2v) is 3.60. The monoisotopic (exact) mass is 242 g/mol. The first-order chi connectivity index (χ1) is 8.10. The Morgan fingerprint density at radius 3 is 2.82 bits per heavy atom. The molecule has 1 rings (SSSR count). The molecule has 0 bridgehead atoms. The Hall–Kier alpha value is -1.69. The SMILES string of the molecule is CCC(COC)Nc1c(F)cccc1[N+](=O)[O-]. The molecule has 0 saturated carbocycles. The van der Waals surface area contributed by atoms with Gasteiger partial charge in [-0.1, -0.05) is 13.0 Å². The molecule has 1 atom stereocenters. The predicted octanol–water partition coefficient (Wildman–Crippen LogP) is 2.57. The average molecular weight is 242 g/mol. The lowest BCUT2D eigenvalue weighted by Gasteiger charge is -2.17. The summed E-state index contributed by atoms with van der Waals surface area (Å²) in [6.45, 7) is 2.26. The van der Waals surface area contributed by atoms with Gasteiger partial charge in [0.1, 0.15) is 5.69 Å². The van der Waals surface area contributed by atoms with Crippen molar-refractivity contribution in [1.29, 1.82) is 0 Å². The number of para-hydroxylation sites is 1. The van der Waals surface area contributed by atoms with Crippen LogP contribution < -0.4 is 5.32 Å². The highest BCUT2D eigenvalue weighted by molar-refractivity contribution is 5.62. The molecular formula is C11H15FN2O3. The van der Waals surface area contributed by atoms with Crippen molar-refractivity contribution >= 4 is 11.4 Å². The number of anilines is 1. The minimum Gasteiger partial charge on any atom is -0.383 e. The lowest BCUT2D eigenvalue weighted by molar-refractivity contribution is -0.384. The predicted molar refractivity (Wildman–Crippen MR) is 62.6 cm³/mol. The van der Waals surface area contributed by atoms with Crippen LogP contribution in [0.25, 0.3) is 0 Å². The summed E-state index contributed by atoms with van der Waals surface area (Å²) in [4.78, 5) is 10.2. The Bertz CT molecular complexity index is 398. The number of methoxy groups -OCH3 is 1. The molecule has 6 heteroatoms. The number of halogens is 1. The minimum atomic E-state index is -0.631. The van der Waals surface area contributed by atoms with E-state index >= 15 is 0 Å². The van der Waals surface area contributed by atoms with Crippen LogP contribution in [0.2, 0.25) is 0 Å². The summed E-state index contributed by atoms with van der Waals surface area (Å²) in [5, 5.41) is 13.6. The van der Waals surface area contributed by atoms with Crippen molar-refractivity contribution in [3.63, 3.8) is 0 Å². The van der Waals surface area contributed by atoms with Crippen molar-refractivity contribution in [3.8, 4) is 0 Å². The standard InChI is InChI=1S/C11H15FN2O3/c1-3-8(7-17-2)13-11-9(12)5-4-6-10(11)14(15)16/h4-6,8,13H,3,7H2,1-2H3. The van der Waals surface area contributed by atoms with Crippen LogP contribution in [0.5, 0.6) is 0 Å².